The lowest BCUT2D eigenvalue weighted by Crippen LogP contribution is -2.03. The van der Waals surface area contributed by atoms with E-state index in [9.17, 15) is 5.11 Å². The van der Waals surface area contributed by atoms with Gasteiger partial charge in [-0.15, -0.1) is 0 Å². The van der Waals surface area contributed by atoms with Gasteiger partial charge in [0, 0.05) is 36.3 Å². The molecular formula is C11H11N3O. The lowest BCUT2D eigenvalue weighted by Gasteiger charge is -2.08. The summed E-state index contributed by atoms with van der Waals surface area (Å²) < 4.78 is 0. The molecule has 0 saturated carbocycles. The Morgan fingerprint density at radius 2 is 2.00 bits per heavy atom. The van der Waals surface area contributed by atoms with E-state index in [0.717, 1.165) is 5.69 Å². The molecule has 4 nitrogen and oxygen atoms in total. The SMILES string of the molecule is OC(Cc1ccccn1)c1cncnc1. The maximum Gasteiger partial charge on any atom is 0.115 e. The Morgan fingerprint density at radius 1 is 1.20 bits per heavy atom. The zero-order valence-corrected chi connectivity index (χ0v) is 8.11. The normalized spacial score (nSPS) is 12.3. The second kappa shape index (κ2) is 4.61. The van der Waals surface area contributed by atoms with Crippen LogP contribution in [0.15, 0.2) is 43.1 Å². The van der Waals surface area contributed by atoms with Crippen molar-refractivity contribution in [3.05, 3.63) is 54.4 Å². The standard InChI is InChI=1S/C11H11N3O/c15-11(9-6-12-8-13-7-9)5-10-3-1-2-4-14-10/h1-4,6-8,11,15H,5H2. The maximum atomic E-state index is 9.85. The first-order chi connectivity index (χ1) is 7.36. The molecule has 1 unspecified atom stereocenters. The Hall–Kier alpha value is -1.81. The summed E-state index contributed by atoms with van der Waals surface area (Å²) >= 11 is 0. The maximum absolute atomic E-state index is 9.85. The highest BCUT2D eigenvalue weighted by Gasteiger charge is 2.09. The Kier molecular flexibility index (Phi) is 2.99. The summed E-state index contributed by atoms with van der Waals surface area (Å²) in [6, 6.07) is 5.63. The van der Waals surface area contributed by atoms with Gasteiger partial charge in [-0.25, -0.2) is 9.97 Å². The van der Waals surface area contributed by atoms with Crippen LogP contribution in [0.1, 0.15) is 17.4 Å². The first kappa shape index (κ1) is 9.73. The Labute approximate surface area is 87.7 Å². The lowest BCUT2D eigenvalue weighted by molar-refractivity contribution is 0.176. The van der Waals surface area contributed by atoms with Gasteiger partial charge < -0.3 is 5.11 Å². The van der Waals surface area contributed by atoms with Crippen LogP contribution in [0, 0.1) is 0 Å². The first-order valence-corrected chi connectivity index (χ1v) is 4.69. The topological polar surface area (TPSA) is 58.9 Å². The van der Waals surface area contributed by atoms with Crippen LogP contribution in [0.4, 0.5) is 0 Å². The molecule has 0 fully saturated rings. The largest absolute Gasteiger partial charge is 0.388 e. The molecule has 2 heterocycles. The van der Waals surface area contributed by atoms with Crippen LogP contribution >= 0.6 is 0 Å². The minimum atomic E-state index is -0.596. The molecule has 2 aromatic heterocycles. The fourth-order valence-electron chi connectivity index (χ4n) is 1.32. The molecule has 4 heteroatoms. The molecule has 0 saturated heterocycles. The van der Waals surface area contributed by atoms with Crippen LogP contribution in [0.5, 0.6) is 0 Å². The summed E-state index contributed by atoms with van der Waals surface area (Å²) in [5.74, 6) is 0. The van der Waals surface area contributed by atoms with Crippen molar-refractivity contribution in [1.82, 2.24) is 15.0 Å². The highest BCUT2D eigenvalue weighted by molar-refractivity contribution is 5.12. The Balaban J connectivity index is 2.08. The van der Waals surface area contributed by atoms with Crippen molar-refractivity contribution in [2.45, 2.75) is 12.5 Å². The average molecular weight is 201 g/mol. The highest BCUT2D eigenvalue weighted by atomic mass is 16.3. The van der Waals surface area contributed by atoms with E-state index < -0.39 is 6.10 Å². The van der Waals surface area contributed by atoms with E-state index in [2.05, 4.69) is 15.0 Å². The third-order valence-corrected chi connectivity index (χ3v) is 2.09. The first-order valence-electron chi connectivity index (χ1n) is 4.69. The third kappa shape index (κ3) is 2.57. The van der Waals surface area contributed by atoms with E-state index in [0.29, 0.717) is 12.0 Å². The Morgan fingerprint density at radius 3 is 2.67 bits per heavy atom. The van der Waals surface area contributed by atoms with Crippen molar-refractivity contribution in [3.63, 3.8) is 0 Å². The fraction of sp³-hybridized carbons (Fsp3) is 0.182. The van der Waals surface area contributed by atoms with Crippen molar-refractivity contribution in [2.75, 3.05) is 0 Å². The minimum Gasteiger partial charge on any atom is -0.388 e. The van der Waals surface area contributed by atoms with Crippen molar-refractivity contribution >= 4 is 0 Å². The molecule has 76 valence electrons. The lowest BCUT2D eigenvalue weighted by atomic mass is 10.1. The van der Waals surface area contributed by atoms with Crippen LogP contribution in [-0.4, -0.2) is 20.1 Å². The highest BCUT2D eigenvalue weighted by Crippen LogP contribution is 2.14. The van der Waals surface area contributed by atoms with Crippen molar-refractivity contribution in [3.8, 4) is 0 Å². The van der Waals surface area contributed by atoms with Crippen LogP contribution in [-0.2, 0) is 6.42 Å². The van der Waals surface area contributed by atoms with Crippen LogP contribution in [0.3, 0.4) is 0 Å². The van der Waals surface area contributed by atoms with E-state index in [1.807, 2.05) is 18.2 Å². The van der Waals surface area contributed by atoms with E-state index in [-0.39, 0.29) is 0 Å². The number of pyridine rings is 1. The number of hydrogen-bond acceptors (Lipinski definition) is 4. The van der Waals surface area contributed by atoms with Gasteiger partial charge in [0.1, 0.15) is 6.33 Å². The molecule has 0 bridgehead atoms. The second-order valence-electron chi connectivity index (χ2n) is 3.21. The molecule has 2 rings (SSSR count). The van der Waals surface area contributed by atoms with Gasteiger partial charge in [0.2, 0.25) is 0 Å². The van der Waals surface area contributed by atoms with Crippen LogP contribution in [0.25, 0.3) is 0 Å². The molecule has 0 aromatic carbocycles. The van der Waals surface area contributed by atoms with Crippen molar-refractivity contribution < 1.29 is 5.11 Å². The Bertz CT molecular complexity index is 405. The van der Waals surface area contributed by atoms with Crippen molar-refractivity contribution in [1.29, 1.82) is 0 Å². The monoisotopic (exact) mass is 201 g/mol. The molecule has 15 heavy (non-hydrogen) atoms. The molecule has 0 amide bonds. The van der Waals surface area contributed by atoms with Gasteiger partial charge in [-0.1, -0.05) is 6.07 Å². The average Bonchev–Trinajstić information content (AvgIpc) is 2.31. The van der Waals surface area contributed by atoms with Gasteiger partial charge in [-0.05, 0) is 12.1 Å². The number of aliphatic hydroxyl groups excluding tert-OH is 1. The molecule has 0 radical (unpaired) electrons. The predicted octanol–water partition coefficient (Wildman–Crippen LogP) is 1.15. The predicted molar refractivity (Wildman–Crippen MR) is 54.9 cm³/mol. The van der Waals surface area contributed by atoms with Gasteiger partial charge in [0.15, 0.2) is 0 Å². The van der Waals surface area contributed by atoms with Gasteiger partial charge in [0.05, 0.1) is 6.10 Å². The molecule has 2 aromatic rings. The second-order valence-corrected chi connectivity index (χ2v) is 3.21. The zero-order valence-electron chi connectivity index (χ0n) is 8.11. The van der Waals surface area contributed by atoms with Crippen LogP contribution < -0.4 is 0 Å². The number of hydrogen-bond donors (Lipinski definition) is 1. The summed E-state index contributed by atoms with van der Waals surface area (Å²) in [7, 11) is 0. The number of rotatable bonds is 3. The number of nitrogens with zero attached hydrogens (tertiary/aromatic N) is 3. The van der Waals surface area contributed by atoms with E-state index in [1.165, 1.54) is 6.33 Å². The fourth-order valence-corrected chi connectivity index (χ4v) is 1.32. The van der Waals surface area contributed by atoms with Crippen molar-refractivity contribution in [2.24, 2.45) is 0 Å². The summed E-state index contributed by atoms with van der Waals surface area (Å²) in [5, 5.41) is 9.85. The third-order valence-electron chi connectivity index (χ3n) is 2.09. The van der Waals surface area contributed by atoms with E-state index in [1.54, 1.807) is 18.6 Å². The minimum absolute atomic E-state index is 0.480. The molecule has 1 atom stereocenters. The summed E-state index contributed by atoms with van der Waals surface area (Å²) in [5.41, 5.74) is 1.57. The number of aromatic nitrogens is 3. The van der Waals surface area contributed by atoms with Gasteiger partial charge in [-0.2, -0.15) is 0 Å². The molecule has 0 aliphatic rings. The van der Waals surface area contributed by atoms with Gasteiger partial charge >= 0.3 is 0 Å². The molecule has 1 N–H and O–H groups in total. The smallest absolute Gasteiger partial charge is 0.115 e. The number of aliphatic hydroxyl groups is 1. The summed E-state index contributed by atoms with van der Waals surface area (Å²) in [6.45, 7) is 0. The van der Waals surface area contributed by atoms with Crippen LogP contribution in [0.2, 0.25) is 0 Å². The zero-order chi connectivity index (χ0) is 10.5. The quantitative estimate of drug-likeness (QED) is 0.809. The molecule has 0 aliphatic heterocycles. The molecule has 0 spiro atoms. The summed E-state index contributed by atoms with van der Waals surface area (Å²) in [4.78, 5) is 11.9. The summed E-state index contributed by atoms with van der Waals surface area (Å²) in [6.07, 6.45) is 6.26. The molecule has 0 aliphatic carbocycles. The van der Waals surface area contributed by atoms with Gasteiger partial charge in [-0.3, -0.25) is 4.98 Å². The van der Waals surface area contributed by atoms with E-state index >= 15 is 0 Å². The van der Waals surface area contributed by atoms with E-state index in [4.69, 9.17) is 0 Å². The van der Waals surface area contributed by atoms with Gasteiger partial charge in [0.25, 0.3) is 0 Å². The molecular weight excluding hydrogens is 190 g/mol.